The molecule has 5 nitrogen and oxygen atoms in total. The molecule has 0 atom stereocenters. The van der Waals surface area contributed by atoms with Crippen molar-refractivity contribution in [3.05, 3.63) is 42.2 Å². The lowest BCUT2D eigenvalue weighted by molar-refractivity contribution is 0.306. The summed E-state index contributed by atoms with van der Waals surface area (Å²) in [5, 5.41) is 4.14. The number of anilines is 1. The molecule has 0 bridgehead atoms. The van der Waals surface area contributed by atoms with Crippen molar-refractivity contribution >= 4 is 5.69 Å². The van der Waals surface area contributed by atoms with Gasteiger partial charge in [0.2, 0.25) is 0 Å². The van der Waals surface area contributed by atoms with Crippen LogP contribution in [-0.2, 0) is 13.7 Å². The first-order valence-corrected chi connectivity index (χ1v) is 7.41. The van der Waals surface area contributed by atoms with E-state index in [1.54, 1.807) is 4.68 Å². The number of rotatable bonds is 4. The molecule has 1 fully saturated rings. The average Bonchev–Trinajstić information content (AvgIpc) is 2.92. The molecule has 1 aromatic carbocycles. The van der Waals surface area contributed by atoms with Crippen LogP contribution in [0.1, 0.15) is 18.4 Å². The third kappa shape index (κ3) is 3.55. The standard InChI is InChI=1S/C16H22N4O/c1-19-11-13(10-18-19)12-21-16-4-2-3-15(9-16)20-7-5-14(17)6-8-20/h2-4,9-11,14H,5-8,12,17H2,1H3. The van der Waals surface area contributed by atoms with Crippen molar-refractivity contribution in [3.63, 3.8) is 0 Å². The number of nitrogens with two attached hydrogens (primary N) is 1. The summed E-state index contributed by atoms with van der Waals surface area (Å²) in [6.07, 6.45) is 5.91. The minimum Gasteiger partial charge on any atom is -0.489 e. The van der Waals surface area contributed by atoms with E-state index in [4.69, 9.17) is 10.5 Å². The van der Waals surface area contributed by atoms with Crippen molar-refractivity contribution in [2.24, 2.45) is 12.8 Å². The first-order chi connectivity index (χ1) is 10.2. The van der Waals surface area contributed by atoms with Gasteiger partial charge in [-0.1, -0.05) is 6.07 Å². The summed E-state index contributed by atoms with van der Waals surface area (Å²) >= 11 is 0. The maximum absolute atomic E-state index is 5.96. The summed E-state index contributed by atoms with van der Waals surface area (Å²) in [6, 6.07) is 8.63. The summed E-state index contributed by atoms with van der Waals surface area (Å²) in [5.74, 6) is 0.895. The van der Waals surface area contributed by atoms with Crippen LogP contribution in [0, 0.1) is 0 Å². The Morgan fingerprint density at radius 3 is 2.86 bits per heavy atom. The number of hydrogen-bond acceptors (Lipinski definition) is 4. The van der Waals surface area contributed by atoms with Gasteiger partial charge in [0.25, 0.3) is 0 Å². The summed E-state index contributed by atoms with van der Waals surface area (Å²) in [7, 11) is 1.91. The number of piperidine rings is 1. The molecule has 3 rings (SSSR count). The van der Waals surface area contributed by atoms with Gasteiger partial charge in [0.15, 0.2) is 0 Å². The Kier molecular flexibility index (Phi) is 4.10. The van der Waals surface area contributed by atoms with Crippen molar-refractivity contribution in [1.29, 1.82) is 0 Å². The van der Waals surface area contributed by atoms with Crippen molar-refractivity contribution in [2.75, 3.05) is 18.0 Å². The van der Waals surface area contributed by atoms with Crippen LogP contribution in [0.5, 0.6) is 5.75 Å². The predicted octanol–water partition coefficient (Wildman–Crippen LogP) is 1.93. The zero-order valence-corrected chi connectivity index (χ0v) is 12.4. The number of nitrogens with zero attached hydrogens (tertiary/aromatic N) is 3. The Balaban J connectivity index is 1.63. The van der Waals surface area contributed by atoms with Crippen molar-refractivity contribution in [2.45, 2.75) is 25.5 Å². The monoisotopic (exact) mass is 286 g/mol. The molecular formula is C16H22N4O. The van der Waals surface area contributed by atoms with Crippen LogP contribution in [0.3, 0.4) is 0 Å². The Morgan fingerprint density at radius 2 is 2.14 bits per heavy atom. The van der Waals surface area contributed by atoms with Gasteiger partial charge in [0.1, 0.15) is 12.4 Å². The molecule has 2 aromatic rings. The highest BCUT2D eigenvalue weighted by atomic mass is 16.5. The fourth-order valence-corrected chi connectivity index (χ4v) is 2.64. The van der Waals surface area contributed by atoms with E-state index in [1.807, 2.05) is 31.6 Å². The molecule has 0 amide bonds. The quantitative estimate of drug-likeness (QED) is 0.933. The van der Waals surface area contributed by atoms with Gasteiger partial charge in [-0.25, -0.2) is 0 Å². The summed E-state index contributed by atoms with van der Waals surface area (Å²) < 4.78 is 7.64. The molecule has 5 heteroatoms. The third-order valence-electron chi connectivity index (χ3n) is 3.89. The molecule has 0 unspecified atom stereocenters. The first kappa shape index (κ1) is 13.9. The largest absolute Gasteiger partial charge is 0.489 e. The molecule has 0 spiro atoms. The predicted molar refractivity (Wildman–Crippen MR) is 83.4 cm³/mol. The maximum Gasteiger partial charge on any atom is 0.121 e. The van der Waals surface area contributed by atoms with Crippen LogP contribution >= 0.6 is 0 Å². The normalized spacial score (nSPS) is 16.2. The summed E-state index contributed by atoms with van der Waals surface area (Å²) in [5.41, 5.74) is 8.25. The summed E-state index contributed by atoms with van der Waals surface area (Å²) in [6.45, 7) is 2.59. The molecular weight excluding hydrogens is 264 g/mol. The van der Waals surface area contributed by atoms with Crippen LogP contribution in [0.4, 0.5) is 5.69 Å². The van der Waals surface area contributed by atoms with Gasteiger partial charge in [0.05, 0.1) is 6.20 Å². The van der Waals surface area contributed by atoms with Gasteiger partial charge < -0.3 is 15.4 Å². The molecule has 21 heavy (non-hydrogen) atoms. The molecule has 1 saturated heterocycles. The van der Waals surface area contributed by atoms with E-state index in [9.17, 15) is 0 Å². The maximum atomic E-state index is 5.96. The van der Waals surface area contributed by atoms with Crippen LogP contribution in [0.15, 0.2) is 36.7 Å². The van der Waals surface area contributed by atoms with Crippen molar-refractivity contribution in [3.8, 4) is 5.75 Å². The highest BCUT2D eigenvalue weighted by molar-refractivity contribution is 5.51. The minimum absolute atomic E-state index is 0.353. The smallest absolute Gasteiger partial charge is 0.121 e. The molecule has 2 heterocycles. The fraction of sp³-hybridized carbons (Fsp3) is 0.438. The van der Waals surface area contributed by atoms with Crippen LogP contribution in [0.25, 0.3) is 0 Å². The zero-order valence-electron chi connectivity index (χ0n) is 12.4. The van der Waals surface area contributed by atoms with Crippen LogP contribution in [0.2, 0.25) is 0 Å². The van der Waals surface area contributed by atoms with Crippen LogP contribution < -0.4 is 15.4 Å². The molecule has 0 radical (unpaired) electrons. The lowest BCUT2D eigenvalue weighted by Crippen LogP contribution is -2.39. The first-order valence-electron chi connectivity index (χ1n) is 7.41. The van der Waals surface area contributed by atoms with Gasteiger partial charge in [-0.05, 0) is 25.0 Å². The van der Waals surface area contributed by atoms with Gasteiger partial charge in [-0.15, -0.1) is 0 Å². The van der Waals surface area contributed by atoms with E-state index in [0.717, 1.165) is 37.2 Å². The Bertz CT molecular complexity index is 587. The zero-order chi connectivity index (χ0) is 14.7. The fourth-order valence-electron chi connectivity index (χ4n) is 2.64. The Labute approximate surface area is 125 Å². The summed E-state index contributed by atoms with van der Waals surface area (Å²) in [4.78, 5) is 2.38. The van der Waals surface area contributed by atoms with Crippen molar-refractivity contribution < 1.29 is 4.74 Å². The minimum atomic E-state index is 0.353. The average molecular weight is 286 g/mol. The van der Waals surface area contributed by atoms with Crippen molar-refractivity contribution in [1.82, 2.24) is 9.78 Å². The lowest BCUT2D eigenvalue weighted by Gasteiger charge is -2.32. The Hall–Kier alpha value is -2.01. The number of aromatic nitrogens is 2. The molecule has 1 aliphatic heterocycles. The second-order valence-electron chi connectivity index (χ2n) is 5.63. The number of ether oxygens (including phenoxy) is 1. The van der Waals surface area contributed by atoms with Gasteiger partial charge in [0, 0.05) is 49.7 Å². The highest BCUT2D eigenvalue weighted by Gasteiger charge is 2.16. The molecule has 0 aliphatic carbocycles. The number of hydrogen-bond donors (Lipinski definition) is 1. The van der Waals surface area contributed by atoms with E-state index in [1.165, 1.54) is 5.69 Å². The molecule has 2 N–H and O–H groups in total. The van der Waals surface area contributed by atoms with Crippen LogP contribution in [-0.4, -0.2) is 28.9 Å². The van der Waals surface area contributed by atoms with E-state index >= 15 is 0 Å². The van der Waals surface area contributed by atoms with E-state index in [2.05, 4.69) is 22.1 Å². The van der Waals surface area contributed by atoms with Gasteiger partial charge >= 0.3 is 0 Å². The van der Waals surface area contributed by atoms with E-state index in [-0.39, 0.29) is 0 Å². The Morgan fingerprint density at radius 1 is 1.33 bits per heavy atom. The molecule has 112 valence electrons. The molecule has 0 saturated carbocycles. The molecule has 1 aromatic heterocycles. The number of benzene rings is 1. The lowest BCUT2D eigenvalue weighted by atomic mass is 10.1. The SMILES string of the molecule is Cn1cc(COc2cccc(N3CCC(N)CC3)c2)cn1. The second-order valence-corrected chi connectivity index (χ2v) is 5.63. The molecule has 1 aliphatic rings. The number of aryl methyl sites for hydroxylation is 1. The highest BCUT2D eigenvalue weighted by Crippen LogP contribution is 2.24. The van der Waals surface area contributed by atoms with E-state index < -0.39 is 0 Å². The van der Waals surface area contributed by atoms with E-state index in [0.29, 0.717) is 12.6 Å². The third-order valence-corrected chi connectivity index (χ3v) is 3.89. The van der Waals surface area contributed by atoms with Gasteiger partial charge in [-0.3, -0.25) is 4.68 Å². The topological polar surface area (TPSA) is 56.3 Å². The second kappa shape index (κ2) is 6.18. The van der Waals surface area contributed by atoms with Gasteiger partial charge in [-0.2, -0.15) is 5.10 Å².